The molecule has 0 amide bonds. The fourth-order valence-electron chi connectivity index (χ4n) is 1.55. The molecule has 0 fully saturated rings. The lowest BCUT2D eigenvalue weighted by atomic mass is 10.2. The van der Waals surface area contributed by atoms with Crippen LogP contribution in [-0.4, -0.2) is 16.8 Å². The number of aryl methyl sites for hydroxylation is 1. The van der Waals surface area contributed by atoms with Gasteiger partial charge in [0, 0.05) is 18.3 Å². The zero-order chi connectivity index (χ0) is 10.7. The van der Waals surface area contributed by atoms with Crippen LogP contribution in [0.4, 0.5) is 0 Å². The highest BCUT2D eigenvalue weighted by Crippen LogP contribution is 2.12. The first-order chi connectivity index (χ1) is 7.29. The Morgan fingerprint density at radius 1 is 1.53 bits per heavy atom. The molecule has 0 saturated carbocycles. The molecule has 1 N–H and O–H groups in total. The summed E-state index contributed by atoms with van der Waals surface area (Å²) in [5.41, 5.74) is 2.35. The number of rotatable bonds is 4. The molecule has 0 unspecified atom stereocenters. The molecule has 0 spiro atoms. The summed E-state index contributed by atoms with van der Waals surface area (Å²) in [7, 11) is 1.93. The van der Waals surface area contributed by atoms with Crippen molar-refractivity contribution in [3.8, 4) is 0 Å². The van der Waals surface area contributed by atoms with Gasteiger partial charge in [-0.3, -0.25) is 4.68 Å². The molecule has 0 aliphatic heterocycles. The SMILES string of the molecule is CNCc1ccoc1Cn1cc(C)cn1. The lowest BCUT2D eigenvalue weighted by Crippen LogP contribution is -2.08. The van der Waals surface area contributed by atoms with Crippen LogP contribution in [0.1, 0.15) is 16.9 Å². The summed E-state index contributed by atoms with van der Waals surface area (Å²) in [5.74, 6) is 0.965. The van der Waals surface area contributed by atoms with Gasteiger partial charge in [-0.1, -0.05) is 0 Å². The minimum Gasteiger partial charge on any atom is -0.467 e. The van der Waals surface area contributed by atoms with Crippen molar-refractivity contribution in [2.75, 3.05) is 7.05 Å². The Balaban J connectivity index is 2.13. The Kier molecular flexibility index (Phi) is 2.87. The van der Waals surface area contributed by atoms with Gasteiger partial charge in [0.1, 0.15) is 5.76 Å². The van der Waals surface area contributed by atoms with Crippen molar-refractivity contribution in [3.05, 3.63) is 41.6 Å². The van der Waals surface area contributed by atoms with Gasteiger partial charge in [-0.25, -0.2) is 0 Å². The molecule has 0 aliphatic rings. The van der Waals surface area contributed by atoms with Crippen LogP contribution in [0.2, 0.25) is 0 Å². The third kappa shape index (κ3) is 2.27. The Hall–Kier alpha value is -1.55. The number of aromatic nitrogens is 2. The van der Waals surface area contributed by atoms with Crippen LogP contribution in [0.5, 0.6) is 0 Å². The normalized spacial score (nSPS) is 10.8. The molecule has 15 heavy (non-hydrogen) atoms. The molecule has 0 aliphatic carbocycles. The van der Waals surface area contributed by atoms with E-state index in [1.165, 1.54) is 5.56 Å². The Morgan fingerprint density at radius 2 is 2.40 bits per heavy atom. The monoisotopic (exact) mass is 205 g/mol. The second-order valence-corrected chi connectivity index (χ2v) is 3.61. The maximum Gasteiger partial charge on any atom is 0.129 e. The minimum atomic E-state index is 0.692. The van der Waals surface area contributed by atoms with Gasteiger partial charge in [-0.15, -0.1) is 0 Å². The highest BCUT2D eigenvalue weighted by molar-refractivity contribution is 5.17. The summed E-state index contributed by atoms with van der Waals surface area (Å²) >= 11 is 0. The fourth-order valence-corrected chi connectivity index (χ4v) is 1.55. The molecule has 0 saturated heterocycles. The Morgan fingerprint density at radius 3 is 3.07 bits per heavy atom. The summed E-state index contributed by atoms with van der Waals surface area (Å²) in [6.45, 7) is 3.55. The van der Waals surface area contributed by atoms with E-state index in [0.29, 0.717) is 6.54 Å². The lowest BCUT2D eigenvalue weighted by Gasteiger charge is -2.02. The van der Waals surface area contributed by atoms with Gasteiger partial charge in [0.25, 0.3) is 0 Å². The number of hydrogen-bond donors (Lipinski definition) is 1. The number of furan rings is 1. The Bertz CT molecular complexity index is 430. The van der Waals surface area contributed by atoms with E-state index in [1.54, 1.807) is 6.26 Å². The first-order valence-corrected chi connectivity index (χ1v) is 4.98. The maximum atomic E-state index is 5.43. The van der Waals surface area contributed by atoms with Gasteiger partial charge >= 0.3 is 0 Å². The van der Waals surface area contributed by atoms with E-state index in [9.17, 15) is 0 Å². The predicted octanol–water partition coefficient (Wildman–Crippen LogP) is 1.55. The van der Waals surface area contributed by atoms with Crippen molar-refractivity contribution < 1.29 is 4.42 Å². The largest absolute Gasteiger partial charge is 0.467 e. The minimum absolute atomic E-state index is 0.692. The van der Waals surface area contributed by atoms with E-state index < -0.39 is 0 Å². The molecule has 80 valence electrons. The third-order valence-corrected chi connectivity index (χ3v) is 2.27. The molecular formula is C11H15N3O. The zero-order valence-corrected chi connectivity index (χ0v) is 9.03. The van der Waals surface area contributed by atoms with Crippen molar-refractivity contribution in [1.29, 1.82) is 0 Å². The maximum absolute atomic E-state index is 5.43. The van der Waals surface area contributed by atoms with Crippen LogP contribution in [0.15, 0.2) is 29.1 Å². The number of nitrogens with one attached hydrogen (secondary N) is 1. The van der Waals surface area contributed by atoms with Crippen molar-refractivity contribution in [2.45, 2.75) is 20.0 Å². The van der Waals surface area contributed by atoms with Gasteiger partial charge in [-0.2, -0.15) is 5.10 Å². The highest BCUT2D eigenvalue weighted by atomic mass is 16.3. The van der Waals surface area contributed by atoms with Crippen LogP contribution in [0.25, 0.3) is 0 Å². The van der Waals surface area contributed by atoms with Crippen molar-refractivity contribution in [3.63, 3.8) is 0 Å². The van der Waals surface area contributed by atoms with Gasteiger partial charge in [0.05, 0.1) is 19.0 Å². The lowest BCUT2D eigenvalue weighted by molar-refractivity contribution is 0.473. The predicted molar refractivity (Wildman–Crippen MR) is 57.5 cm³/mol. The average molecular weight is 205 g/mol. The van der Waals surface area contributed by atoms with E-state index in [2.05, 4.69) is 10.4 Å². The first-order valence-electron chi connectivity index (χ1n) is 4.98. The van der Waals surface area contributed by atoms with E-state index in [1.807, 2.05) is 37.1 Å². The highest BCUT2D eigenvalue weighted by Gasteiger charge is 2.06. The molecule has 0 bridgehead atoms. The molecule has 4 nitrogen and oxygen atoms in total. The van der Waals surface area contributed by atoms with E-state index >= 15 is 0 Å². The first kappa shape index (κ1) is 9.98. The van der Waals surface area contributed by atoms with Crippen LogP contribution in [0.3, 0.4) is 0 Å². The van der Waals surface area contributed by atoms with Crippen LogP contribution < -0.4 is 5.32 Å². The molecule has 2 rings (SSSR count). The second-order valence-electron chi connectivity index (χ2n) is 3.61. The Labute approximate surface area is 88.9 Å². The van der Waals surface area contributed by atoms with Gasteiger partial charge in [0.15, 0.2) is 0 Å². The molecule has 0 radical (unpaired) electrons. The summed E-state index contributed by atoms with van der Waals surface area (Å²) in [4.78, 5) is 0. The standard InChI is InChI=1S/C11H15N3O/c1-9-5-13-14(7-9)8-11-10(6-12-2)3-4-15-11/h3-5,7,12H,6,8H2,1-2H3. The third-order valence-electron chi connectivity index (χ3n) is 2.27. The van der Waals surface area contributed by atoms with Crippen molar-refractivity contribution >= 4 is 0 Å². The molecule has 4 heteroatoms. The van der Waals surface area contributed by atoms with Gasteiger partial charge < -0.3 is 9.73 Å². The zero-order valence-electron chi connectivity index (χ0n) is 9.03. The second kappa shape index (κ2) is 4.31. The molecule has 0 atom stereocenters. The molecule has 0 aromatic carbocycles. The average Bonchev–Trinajstić information content (AvgIpc) is 2.78. The van der Waals surface area contributed by atoms with Gasteiger partial charge in [-0.05, 0) is 25.6 Å². The smallest absolute Gasteiger partial charge is 0.129 e. The summed E-state index contributed by atoms with van der Waals surface area (Å²) < 4.78 is 7.31. The van der Waals surface area contributed by atoms with E-state index in [-0.39, 0.29) is 0 Å². The van der Waals surface area contributed by atoms with Crippen LogP contribution >= 0.6 is 0 Å². The topological polar surface area (TPSA) is 43.0 Å². The van der Waals surface area contributed by atoms with E-state index in [0.717, 1.165) is 17.9 Å². The summed E-state index contributed by atoms with van der Waals surface area (Å²) in [6.07, 6.45) is 5.57. The van der Waals surface area contributed by atoms with Crippen molar-refractivity contribution in [2.24, 2.45) is 0 Å². The van der Waals surface area contributed by atoms with Crippen LogP contribution in [-0.2, 0) is 13.1 Å². The van der Waals surface area contributed by atoms with E-state index in [4.69, 9.17) is 4.42 Å². The van der Waals surface area contributed by atoms with Crippen molar-refractivity contribution in [1.82, 2.24) is 15.1 Å². The quantitative estimate of drug-likeness (QED) is 0.823. The molecule has 2 aromatic heterocycles. The van der Waals surface area contributed by atoms with Gasteiger partial charge in [0.2, 0.25) is 0 Å². The summed E-state index contributed by atoms with van der Waals surface area (Å²) in [6, 6.07) is 1.99. The summed E-state index contributed by atoms with van der Waals surface area (Å²) in [5, 5.41) is 7.34. The number of hydrogen-bond acceptors (Lipinski definition) is 3. The molecular weight excluding hydrogens is 190 g/mol. The molecule has 2 aromatic rings. The fraction of sp³-hybridized carbons (Fsp3) is 0.364. The van der Waals surface area contributed by atoms with Crippen LogP contribution in [0, 0.1) is 6.92 Å². The molecule has 2 heterocycles. The number of nitrogens with zero attached hydrogens (tertiary/aromatic N) is 2.